The van der Waals surface area contributed by atoms with E-state index in [0.29, 0.717) is 11.8 Å². The van der Waals surface area contributed by atoms with Gasteiger partial charge in [-0.2, -0.15) is 0 Å². The number of halogens is 1. The number of hydrogen-bond acceptors (Lipinski definition) is 3. The summed E-state index contributed by atoms with van der Waals surface area (Å²) >= 11 is 0. The molecule has 2 aliphatic heterocycles. The molecule has 4 nitrogen and oxygen atoms in total. The van der Waals surface area contributed by atoms with E-state index in [1.807, 2.05) is 36.9 Å². The van der Waals surface area contributed by atoms with Crippen molar-refractivity contribution >= 4 is 18.3 Å². The summed E-state index contributed by atoms with van der Waals surface area (Å²) in [4.78, 5) is 14.2. The van der Waals surface area contributed by atoms with Gasteiger partial charge in [0.25, 0.3) is 5.91 Å². The first-order valence-corrected chi connectivity index (χ1v) is 7.32. The Balaban J connectivity index is 0.00000161. The molecule has 0 saturated carbocycles. The number of carbonyl (C=O) groups excluding carboxylic acids is 1. The summed E-state index contributed by atoms with van der Waals surface area (Å²) in [5, 5.41) is 3.39. The van der Waals surface area contributed by atoms with Crippen LogP contribution in [0.4, 0.5) is 0 Å². The molecule has 0 unspecified atom stereocenters. The number of nitrogens with zero attached hydrogens (tertiary/aromatic N) is 1. The van der Waals surface area contributed by atoms with Crippen LogP contribution in [0.1, 0.15) is 11.1 Å². The third kappa shape index (κ3) is 3.33. The zero-order valence-corrected chi connectivity index (χ0v) is 13.4. The molecule has 0 bridgehead atoms. The molecule has 1 N–H and O–H groups in total. The maximum Gasteiger partial charge on any atom is 0.260 e. The fraction of sp³-hybridized carbons (Fsp3) is 0.562. The van der Waals surface area contributed by atoms with Gasteiger partial charge in [-0.25, -0.2) is 0 Å². The Labute approximate surface area is 132 Å². The number of amides is 1. The standard InChI is InChI=1S/C16H22N2O2.ClH/c1-11-4-3-5-12(2)16(11)20-10-15(19)18-8-13-6-17-7-14(13)9-18;/h3-5,13-14,17H,6-10H2,1-2H3;1H/t13-,14+;. The number of ether oxygens (including phenoxy) is 1. The molecule has 2 atom stereocenters. The van der Waals surface area contributed by atoms with Gasteiger partial charge in [-0.05, 0) is 36.8 Å². The number of rotatable bonds is 3. The minimum Gasteiger partial charge on any atom is -0.483 e. The van der Waals surface area contributed by atoms with Gasteiger partial charge in [0.1, 0.15) is 5.75 Å². The number of para-hydroxylation sites is 1. The van der Waals surface area contributed by atoms with Gasteiger partial charge in [-0.3, -0.25) is 4.79 Å². The van der Waals surface area contributed by atoms with Gasteiger partial charge in [0.05, 0.1) is 0 Å². The number of likely N-dealkylation sites (tertiary alicyclic amines) is 1. The average molecular weight is 311 g/mol. The van der Waals surface area contributed by atoms with Crippen LogP contribution in [0.15, 0.2) is 18.2 Å². The van der Waals surface area contributed by atoms with E-state index in [9.17, 15) is 4.79 Å². The van der Waals surface area contributed by atoms with E-state index in [1.165, 1.54) is 0 Å². The van der Waals surface area contributed by atoms with Gasteiger partial charge < -0.3 is 15.0 Å². The molecule has 2 saturated heterocycles. The summed E-state index contributed by atoms with van der Waals surface area (Å²) in [5.41, 5.74) is 2.17. The summed E-state index contributed by atoms with van der Waals surface area (Å²) < 4.78 is 5.76. The summed E-state index contributed by atoms with van der Waals surface area (Å²) in [6.07, 6.45) is 0. The summed E-state index contributed by atoms with van der Waals surface area (Å²) in [6, 6.07) is 6.03. The molecule has 2 heterocycles. The molecule has 0 radical (unpaired) electrons. The normalized spacial score (nSPS) is 23.6. The molecule has 5 heteroatoms. The molecule has 2 fully saturated rings. The van der Waals surface area contributed by atoms with Crippen LogP contribution in [0, 0.1) is 25.7 Å². The average Bonchev–Trinajstić information content (AvgIpc) is 2.98. The highest BCUT2D eigenvalue weighted by Gasteiger charge is 2.38. The minimum atomic E-state index is 0. The Hall–Kier alpha value is -1.26. The molecule has 1 aromatic rings. The van der Waals surface area contributed by atoms with Crippen molar-refractivity contribution in [3.63, 3.8) is 0 Å². The van der Waals surface area contributed by atoms with Crippen molar-refractivity contribution in [1.82, 2.24) is 10.2 Å². The Morgan fingerprint density at radius 3 is 2.38 bits per heavy atom. The lowest BCUT2D eigenvalue weighted by molar-refractivity contribution is -0.132. The third-order valence-corrected chi connectivity index (χ3v) is 4.49. The number of carbonyl (C=O) groups is 1. The fourth-order valence-electron chi connectivity index (χ4n) is 3.31. The van der Waals surface area contributed by atoms with Crippen molar-refractivity contribution in [1.29, 1.82) is 0 Å². The molecular formula is C16H23ClN2O2. The molecule has 116 valence electrons. The smallest absolute Gasteiger partial charge is 0.260 e. The van der Waals surface area contributed by atoms with Crippen LogP contribution in [0.25, 0.3) is 0 Å². The highest BCUT2D eigenvalue weighted by molar-refractivity contribution is 5.85. The second kappa shape index (κ2) is 6.67. The van der Waals surface area contributed by atoms with E-state index in [4.69, 9.17) is 4.74 Å². The van der Waals surface area contributed by atoms with Crippen LogP contribution >= 0.6 is 12.4 Å². The Morgan fingerprint density at radius 2 is 1.81 bits per heavy atom. The Kier molecular flexibility index (Phi) is 5.12. The first kappa shape index (κ1) is 16.1. The van der Waals surface area contributed by atoms with Crippen molar-refractivity contribution in [2.75, 3.05) is 32.8 Å². The molecule has 1 aromatic carbocycles. The molecule has 3 rings (SSSR count). The van der Waals surface area contributed by atoms with E-state index in [-0.39, 0.29) is 24.9 Å². The van der Waals surface area contributed by atoms with Gasteiger partial charge in [0, 0.05) is 26.2 Å². The van der Waals surface area contributed by atoms with Gasteiger partial charge >= 0.3 is 0 Å². The number of nitrogens with one attached hydrogen (secondary N) is 1. The lowest BCUT2D eigenvalue weighted by Gasteiger charge is -2.19. The highest BCUT2D eigenvalue weighted by Crippen LogP contribution is 2.27. The third-order valence-electron chi connectivity index (χ3n) is 4.49. The minimum absolute atomic E-state index is 0. The number of fused-ring (bicyclic) bond motifs is 1. The van der Waals surface area contributed by atoms with Crippen molar-refractivity contribution in [2.45, 2.75) is 13.8 Å². The topological polar surface area (TPSA) is 41.6 Å². The predicted octanol–water partition coefficient (Wildman–Crippen LogP) is 1.78. The number of hydrogen-bond donors (Lipinski definition) is 1. The maximum absolute atomic E-state index is 12.3. The molecule has 2 aliphatic rings. The molecular weight excluding hydrogens is 288 g/mol. The van der Waals surface area contributed by atoms with Gasteiger partial charge in [-0.15, -0.1) is 12.4 Å². The Bertz CT molecular complexity index is 489. The second-order valence-electron chi connectivity index (χ2n) is 5.99. The van der Waals surface area contributed by atoms with Crippen LogP contribution in [-0.2, 0) is 4.79 Å². The fourth-order valence-corrected chi connectivity index (χ4v) is 3.31. The molecule has 0 spiro atoms. The monoisotopic (exact) mass is 310 g/mol. The Morgan fingerprint density at radius 1 is 1.24 bits per heavy atom. The van der Waals surface area contributed by atoms with E-state index in [0.717, 1.165) is 43.1 Å². The van der Waals surface area contributed by atoms with Crippen LogP contribution < -0.4 is 10.1 Å². The molecule has 0 aliphatic carbocycles. The van der Waals surface area contributed by atoms with E-state index in [2.05, 4.69) is 5.32 Å². The van der Waals surface area contributed by atoms with Crippen molar-refractivity contribution < 1.29 is 9.53 Å². The van der Waals surface area contributed by atoms with Crippen LogP contribution in [0.5, 0.6) is 5.75 Å². The molecule has 1 amide bonds. The maximum atomic E-state index is 12.3. The highest BCUT2D eigenvalue weighted by atomic mass is 35.5. The lowest BCUT2D eigenvalue weighted by Crippen LogP contribution is -2.35. The lowest BCUT2D eigenvalue weighted by atomic mass is 10.0. The first-order valence-electron chi connectivity index (χ1n) is 7.32. The second-order valence-corrected chi connectivity index (χ2v) is 5.99. The predicted molar refractivity (Wildman–Crippen MR) is 85.1 cm³/mol. The van der Waals surface area contributed by atoms with Crippen molar-refractivity contribution in [3.05, 3.63) is 29.3 Å². The molecule has 21 heavy (non-hydrogen) atoms. The van der Waals surface area contributed by atoms with Crippen molar-refractivity contribution in [2.24, 2.45) is 11.8 Å². The quantitative estimate of drug-likeness (QED) is 0.925. The first-order chi connectivity index (χ1) is 9.65. The summed E-state index contributed by atoms with van der Waals surface area (Å²) in [5.74, 6) is 2.24. The van der Waals surface area contributed by atoms with Crippen LogP contribution in [0.3, 0.4) is 0 Å². The van der Waals surface area contributed by atoms with Gasteiger partial charge in [-0.1, -0.05) is 18.2 Å². The van der Waals surface area contributed by atoms with E-state index in [1.54, 1.807) is 0 Å². The van der Waals surface area contributed by atoms with Crippen LogP contribution in [-0.4, -0.2) is 43.6 Å². The largest absolute Gasteiger partial charge is 0.483 e. The zero-order chi connectivity index (χ0) is 14.1. The van der Waals surface area contributed by atoms with Gasteiger partial charge in [0.15, 0.2) is 6.61 Å². The van der Waals surface area contributed by atoms with E-state index >= 15 is 0 Å². The van der Waals surface area contributed by atoms with Crippen molar-refractivity contribution in [3.8, 4) is 5.75 Å². The zero-order valence-electron chi connectivity index (χ0n) is 12.6. The number of aryl methyl sites for hydroxylation is 2. The van der Waals surface area contributed by atoms with Crippen LogP contribution in [0.2, 0.25) is 0 Å². The number of benzene rings is 1. The van der Waals surface area contributed by atoms with E-state index < -0.39 is 0 Å². The SMILES string of the molecule is Cc1cccc(C)c1OCC(=O)N1C[C@H]2CNC[C@H]2C1.Cl. The van der Waals surface area contributed by atoms with Gasteiger partial charge in [0.2, 0.25) is 0 Å². The summed E-state index contributed by atoms with van der Waals surface area (Å²) in [6.45, 7) is 8.04. The molecule has 0 aromatic heterocycles. The summed E-state index contributed by atoms with van der Waals surface area (Å²) in [7, 11) is 0.